The normalized spacial score (nSPS) is 15.0. The zero-order chi connectivity index (χ0) is 57.7. The lowest BCUT2D eigenvalue weighted by molar-refractivity contribution is 0.171. The predicted octanol–water partition coefficient (Wildman–Crippen LogP) is 17.6. The Morgan fingerprint density at radius 1 is 0.388 bits per heavy atom. The first-order valence-electron chi connectivity index (χ1n) is 30.0. The number of hydrogen-bond donors (Lipinski definition) is 0. The standard InChI is InChI=1S/C77H65BN2O5/c1-75(2,3)54-23-16-46(17-24-54)48-13-11-14-56(36-48)79-64-39-50(47-18-25-55(26-19-47)76(4,5)6)22-30-62(64)78-63-44-72-73(84-35-34-83-72)45-65(63)80(57-27-31-69-71(43-57)82-33-32-81-69)67-41-53(40-66(79)74(67)78)49-20-28-58-59-29-21-52(38-61(59)77(7,8)60(58)37-49)70-42-51-12-9-10-15-68(51)85-70/h9-31,36-45H,32-35H2,1-8H3. The van der Waals surface area contributed by atoms with Gasteiger partial charge in [-0.2, -0.15) is 0 Å². The van der Waals surface area contributed by atoms with Gasteiger partial charge in [0, 0.05) is 56.9 Å². The molecule has 0 N–H and O–H groups in total. The SMILES string of the molecule is CC(C)(C)c1ccc(-c2cccc(N3c4cc(-c5ccc(C(C)(C)C)cc5)ccc4B4c5cc6c(cc5N(c5ccc7c(c5)OCCO7)c5cc(-c7ccc8c(c7)C(C)(C)c7cc(-c9cc%10ccccc%10o9)ccc7-8)cc3c54)OCCO6)c2)cc1. The van der Waals surface area contributed by atoms with Gasteiger partial charge < -0.3 is 33.2 Å². The summed E-state index contributed by atoms with van der Waals surface area (Å²) in [6, 6.07) is 74.7. The summed E-state index contributed by atoms with van der Waals surface area (Å²) in [5.41, 5.74) is 26.2. The molecule has 16 rings (SSSR count). The first-order chi connectivity index (χ1) is 41.1. The van der Waals surface area contributed by atoms with Crippen molar-refractivity contribution in [3.05, 3.63) is 222 Å². The number of nitrogens with zero attached hydrogens (tertiary/aromatic N) is 2. The van der Waals surface area contributed by atoms with Gasteiger partial charge in [-0.15, -0.1) is 0 Å². The molecule has 11 aromatic rings. The molecule has 7 nitrogen and oxygen atoms in total. The van der Waals surface area contributed by atoms with Crippen molar-refractivity contribution in [3.8, 4) is 78.8 Å². The fourth-order valence-electron chi connectivity index (χ4n) is 13.9. The van der Waals surface area contributed by atoms with E-state index in [0.717, 1.165) is 107 Å². The van der Waals surface area contributed by atoms with E-state index in [1.54, 1.807) is 0 Å². The fraction of sp³-hybridized carbons (Fsp3) is 0.195. The van der Waals surface area contributed by atoms with Crippen LogP contribution >= 0.6 is 0 Å². The molecule has 0 amide bonds. The van der Waals surface area contributed by atoms with Crippen molar-refractivity contribution in [2.75, 3.05) is 36.2 Å². The minimum atomic E-state index is -0.314. The maximum atomic E-state index is 6.50. The zero-order valence-corrected chi connectivity index (χ0v) is 49.4. The van der Waals surface area contributed by atoms with E-state index in [4.69, 9.17) is 23.4 Å². The van der Waals surface area contributed by atoms with Crippen LogP contribution in [-0.2, 0) is 16.2 Å². The minimum absolute atomic E-state index is 0.0247. The number of benzene rings is 10. The average Bonchev–Trinajstić information content (AvgIpc) is 1.39. The molecule has 416 valence electrons. The molecule has 0 radical (unpaired) electrons. The Bertz CT molecular complexity index is 4530. The lowest BCUT2D eigenvalue weighted by atomic mass is 9.33. The van der Waals surface area contributed by atoms with Gasteiger partial charge in [0.2, 0.25) is 0 Å². The Morgan fingerprint density at radius 3 is 1.55 bits per heavy atom. The molecule has 8 heteroatoms. The Kier molecular flexibility index (Phi) is 11.3. The highest BCUT2D eigenvalue weighted by Gasteiger charge is 2.45. The van der Waals surface area contributed by atoms with E-state index in [-0.39, 0.29) is 23.0 Å². The van der Waals surface area contributed by atoms with Crippen molar-refractivity contribution in [1.29, 1.82) is 0 Å². The molecule has 1 aliphatic carbocycles. The van der Waals surface area contributed by atoms with E-state index in [9.17, 15) is 0 Å². The third kappa shape index (κ3) is 8.31. The van der Waals surface area contributed by atoms with Crippen molar-refractivity contribution in [2.24, 2.45) is 0 Å². The van der Waals surface area contributed by atoms with Gasteiger partial charge >= 0.3 is 0 Å². The van der Waals surface area contributed by atoms with Crippen molar-refractivity contribution < 1.29 is 23.4 Å². The third-order valence-electron chi connectivity index (χ3n) is 18.5. The monoisotopic (exact) mass is 1110 g/mol. The molecule has 1 aromatic heterocycles. The van der Waals surface area contributed by atoms with Crippen LogP contribution in [0.2, 0.25) is 0 Å². The van der Waals surface area contributed by atoms with Crippen LogP contribution in [0.1, 0.15) is 77.6 Å². The third-order valence-corrected chi connectivity index (χ3v) is 18.5. The van der Waals surface area contributed by atoms with Crippen LogP contribution in [-0.4, -0.2) is 33.1 Å². The minimum Gasteiger partial charge on any atom is -0.486 e. The van der Waals surface area contributed by atoms with Crippen molar-refractivity contribution >= 4 is 68.2 Å². The second-order valence-electron chi connectivity index (χ2n) is 26.2. The number of ether oxygens (including phenoxy) is 4. The smallest absolute Gasteiger partial charge is 0.252 e. The summed E-state index contributed by atoms with van der Waals surface area (Å²) in [7, 11) is 0. The summed E-state index contributed by atoms with van der Waals surface area (Å²) in [5.74, 6) is 3.83. The summed E-state index contributed by atoms with van der Waals surface area (Å²) in [4.78, 5) is 4.98. The van der Waals surface area contributed by atoms with Gasteiger partial charge in [-0.1, -0.05) is 171 Å². The maximum Gasteiger partial charge on any atom is 0.252 e. The van der Waals surface area contributed by atoms with Crippen LogP contribution in [0.5, 0.6) is 23.0 Å². The molecule has 10 aromatic carbocycles. The van der Waals surface area contributed by atoms with Crippen LogP contribution in [0.3, 0.4) is 0 Å². The molecule has 5 heterocycles. The molecular weight excluding hydrogens is 1040 g/mol. The van der Waals surface area contributed by atoms with E-state index in [1.165, 1.54) is 55.4 Å². The molecule has 0 bridgehead atoms. The number of hydrogen-bond acceptors (Lipinski definition) is 7. The van der Waals surface area contributed by atoms with Gasteiger partial charge in [0.1, 0.15) is 37.8 Å². The van der Waals surface area contributed by atoms with Crippen LogP contribution in [0.15, 0.2) is 205 Å². The van der Waals surface area contributed by atoms with Crippen LogP contribution < -0.4 is 45.1 Å². The van der Waals surface area contributed by atoms with Crippen molar-refractivity contribution in [3.63, 3.8) is 0 Å². The van der Waals surface area contributed by atoms with E-state index < -0.39 is 0 Å². The number of furan rings is 1. The molecule has 0 saturated carbocycles. The quantitative estimate of drug-likeness (QED) is 0.154. The summed E-state index contributed by atoms with van der Waals surface area (Å²) in [5, 5.41) is 1.10. The first kappa shape index (κ1) is 51.3. The second kappa shape index (κ2) is 18.8. The summed E-state index contributed by atoms with van der Waals surface area (Å²) in [6.45, 7) is 20.1. The van der Waals surface area contributed by atoms with Gasteiger partial charge in [-0.05, 0) is 167 Å². The maximum absolute atomic E-state index is 6.50. The van der Waals surface area contributed by atoms with Gasteiger partial charge in [0.25, 0.3) is 6.71 Å². The Labute approximate surface area is 498 Å². The molecular formula is C77H65BN2O5. The topological polar surface area (TPSA) is 56.5 Å². The summed E-state index contributed by atoms with van der Waals surface area (Å²) in [6.07, 6.45) is 0. The lowest BCUT2D eigenvalue weighted by Gasteiger charge is -2.45. The summed E-state index contributed by atoms with van der Waals surface area (Å²) < 4.78 is 32.0. The highest BCUT2D eigenvalue weighted by atomic mass is 16.6. The molecule has 0 spiro atoms. The van der Waals surface area contributed by atoms with E-state index in [2.05, 4.69) is 253 Å². The van der Waals surface area contributed by atoms with E-state index >= 15 is 0 Å². The number of rotatable bonds is 6. The number of para-hydroxylation sites is 1. The zero-order valence-electron chi connectivity index (χ0n) is 49.4. The Balaban J connectivity index is 0.940. The van der Waals surface area contributed by atoms with Crippen molar-refractivity contribution in [2.45, 2.75) is 71.6 Å². The number of fused-ring (bicyclic) bond motifs is 10. The second-order valence-corrected chi connectivity index (χ2v) is 26.2. The highest BCUT2D eigenvalue weighted by molar-refractivity contribution is 7.00. The Hall–Kier alpha value is -9.40. The molecule has 0 saturated heterocycles. The van der Waals surface area contributed by atoms with Crippen LogP contribution in [0.25, 0.3) is 66.8 Å². The van der Waals surface area contributed by atoms with Gasteiger partial charge in [0.15, 0.2) is 23.0 Å². The largest absolute Gasteiger partial charge is 0.486 e. The number of anilines is 6. The van der Waals surface area contributed by atoms with Crippen LogP contribution in [0.4, 0.5) is 34.1 Å². The van der Waals surface area contributed by atoms with E-state index in [0.29, 0.717) is 26.4 Å². The molecule has 0 fully saturated rings. The molecule has 0 atom stereocenters. The predicted molar refractivity (Wildman–Crippen MR) is 349 cm³/mol. The molecule has 85 heavy (non-hydrogen) atoms. The van der Waals surface area contributed by atoms with Gasteiger partial charge in [-0.25, -0.2) is 0 Å². The highest BCUT2D eigenvalue weighted by Crippen LogP contribution is 2.54. The lowest BCUT2D eigenvalue weighted by Crippen LogP contribution is -2.61. The average molecular weight is 1110 g/mol. The summed E-state index contributed by atoms with van der Waals surface area (Å²) >= 11 is 0. The molecule has 4 aliphatic heterocycles. The van der Waals surface area contributed by atoms with Gasteiger partial charge in [-0.3, -0.25) is 0 Å². The van der Waals surface area contributed by atoms with Gasteiger partial charge in [0.05, 0.1) is 5.69 Å². The molecule has 0 unspecified atom stereocenters. The van der Waals surface area contributed by atoms with Crippen molar-refractivity contribution in [1.82, 2.24) is 0 Å². The molecule has 5 aliphatic rings. The Morgan fingerprint density at radius 2 is 0.906 bits per heavy atom. The van der Waals surface area contributed by atoms with E-state index in [1.807, 2.05) is 12.1 Å². The van der Waals surface area contributed by atoms with Crippen LogP contribution in [0, 0.1) is 0 Å². The first-order valence-corrected chi connectivity index (χ1v) is 30.0. The fourth-order valence-corrected chi connectivity index (χ4v) is 13.9.